The molecule has 0 bridgehead atoms. The minimum absolute atomic E-state index is 0.162. The van der Waals surface area contributed by atoms with Crippen LogP contribution in [0.1, 0.15) is 27.2 Å². The van der Waals surface area contributed by atoms with Crippen LogP contribution in [-0.2, 0) is 0 Å². The first-order valence-electron chi connectivity index (χ1n) is 7.81. The van der Waals surface area contributed by atoms with E-state index < -0.39 is 0 Å². The van der Waals surface area contributed by atoms with Gasteiger partial charge in [0.1, 0.15) is 5.58 Å². The van der Waals surface area contributed by atoms with Gasteiger partial charge >= 0.3 is 0 Å². The molecular weight excluding hydrogens is 338 g/mol. The monoisotopic (exact) mass is 351 g/mol. The molecule has 0 unspecified atom stereocenters. The minimum atomic E-state index is -0.195. The van der Waals surface area contributed by atoms with Crippen molar-refractivity contribution in [2.75, 3.05) is 0 Å². The molecule has 2 aromatic carbocycles. The molecule has 4 nitrogen and oxygen atoms in total. The molecule has 0 atom stereocenters. The molecule has 0 amide bonds. The smallest absolute Gasteiger partial charge is 0.248 e. The zero-order valence-corrected chi connectivity index (χ0v) is 14.4. The summed E-state index contributed by atoms with van der Waals surface area (Å²) in [6.45, 7) is 3.75. The Balaban J connectivity index is 1.94. The Morgan fingerprint density at radius 1 is 1.04 bits per heavy atom. The molecule has 0 aliphatic carbocycles. The fraction of sp³-hybridized carbons (Fsp3) is 0.100. The van der Waals surface area contributed by atoms with E-state index in [1.54, 1.807) is 36.4 Å². The number of hydrogen-bond acceptors (Lipinski definition) is 3. The number of pyridine rings is 1. The van der Waals surface area contributed by atoms with Crippen LogP contribution in [0.3, 0.4) is 0 Å². The van der Waals surface area contributed by atoms with E-state index in [1.807, 2.05) is 19.9 Å². The second-order valence-corrected chi connectivity index (χ2v) is 6.54. The summed E-state index contributed by atoms with van der Waals surface area (Å²) in [5.74, 6) is 0.104. The van der Waals surface area contributed by atoms with Crippen molar-refractivity contribution in [2.24, 2.45) is 0 Å². The number of rotatable bonds is 2. The third kappa shape index (κ3) is 2.55. The molecule has 5 heteroatoms. The van der Waals surface area contributed by atoms with Gasteiger partial charge in [0.25, 0.3) is 0 Å². The second kappa shape index (κ2) is 5.60. The predicted octanol–water partition coefficient (Wildman–Crippen LogP) is 4.78. The third-order valence-corrected chi connectivity index (χ3v) is 4.67. The lowest BCUT2D eigenvalue weighted by Crippen LogP contribution is -2.04. The van der Waals surface area contributed by atoms with Gasteiger partial charge in [0.05, 0.1) is 5.52 Å². The lowest BCUT2D eigenvalue weighted by molar-refractivity contribution is 0.101. The van der Waals surface area contributed by atoms with E-state index >= 15 is 0 Å². The van der Waals surface area contributed by atoms with Crippen molar-refractivity contribution in [1.82, 2.24) is 4.98 Å². The number of benzene rings is 2. The molecule has 124 valence electrons. The van der Waals surface area contributed by atoms with Crippen molar-refractivity contribution in [3.63, 3.8) is 0 Å². The Morgan fingerprint density at radius 3 is 2.48 bits per heavy atom. The summed E-state index contributed by atoms with van der Waals surface area (Å²) in [5, 5.41) is 2.37. The summed E-state index contributed by atoms with van der Waals surface area (Å²) in [7, 11) is 0. The maximum atomic E-state index is 12.8. The van der Waals surface area contributed by atoms with Gasteiger partial charge in [-0.05, 0) is 49.7 Å². The molecule has 0 radical (unpaired) electrons. The van der Waals surface area contributed by atoms with Gasteiger partial charge in [0.15, 0.2) is 5.76 Å². The van der Waals surface area contributed by atoms with E-state index in [0.29, 0.717) is 27.4 Å². The number of aryl methyl sites for hydroxylation is 2. The quantitative estimate of drug-likeness (QED) is 0.529. The highest BCUT2D eigenvalue weighted by Gasteiger charge is 2.20. The molecule has 0 saturated carbocycles. The van der Waals surface area contributed by atoms with Crippen molar-refractivity contribution in [3.05, 3.63) is 80.3 Å². The van der Waals surface area contributed by atoms with E-state index in [4.69, 9.17) is 16.0 Å². The summed E-state index contributed by atoms with van der Waals surface area (Å²) >= 11 is 5.88. The molecule has 0 aliphatic heterocycles. The highest BCUT2D eigenvalue weighted by Crippen LogP contribution is 2.31. The molecular formula is C20H14ClNO3. The summed E-state index contributed by atoms with van der Waals surface area (Å²) in [5.41, 5.74) is 3.28. The number of ketones is 1. The molecule has 4 aromatic rings. The van der Waals surface area contributed by atoms with Gasteiger partial charge in [-0.3, -0.25) is 9.59 Å². The number of fused-ring (bicyclic) bond motifs is 2. The third-order valence-electron chi connectivity index (χ3n) is 4.42. The van der Waals surface area contributed by atoms with Crippen LogP contribution >= 0.6 is 11.6 Å². The second-order valence-electron chi connectivity index (χ2n) is 6.10. The zero-order chi connectivity index (χ0) is 17.7. The lowest BCUT2D eigenvalue weighted by Gasteiger charge is -2.01. The first-order valence-corrected chi connectivity index (χ1v) is 8.19. The Hall–Kier alpha value is -2.85. The topological polar surface area (TPSA) is 63.1 Å². The Bertz CT molecular complexity index is 1200. The summed E-state index contributed by atoms with van der Waals surface area (Å²) in [6.07, 6.45) is 0. The first kappa shape index (κ1) is 15.7. The average Bonchev–Trinajstić information content (AvgIpc) is 2.89. The largest absolute Gasteiger partial charge is 0.452 e. The van der Waals surface area contributed by atoms with Crippen LogP contribution in [-0.4, -0.2) is 10.8 Å². The van der Waals surface area contributed by atoms with Crippen molar-refractivity contribution in [1.29, 1.82) is 0 Å². The SMILES string of the molecule is Cc1cc(=O)[nH]c2cc3oc(C(=O)c4ccc(Cl)cc4)c(C)c3cc12. The number of aromatic nitrogens is 1. The van der Waals surface area contributed by atoms with Gasteiger partial charge in [-0.2, -0.15) is 0 Å². The maximum absolute atomic E-state index is 12.8. The van der Waals surface area contributed by atoms with Gasteiger partial charge in [-0.15, -0.1) is 0 Å². The number of hydrogen-bond donors (Lipinski definition) is 1. The van der Waals surface area contributed by atoms with Crippen LogP contribution < -0.4 is 5.56 Å². The Kier molecular flexibility index (Phi) is 3.51. The van der Waals surface area contributed by atoms with E-state index in [9.17, 15) is 9.59 Å². The Morgan fingerprint density at radius 2 is 1.76 bits per heavy atom. The van der Waals surface area contributed by atoms with Crippen molar-refractivity contribution in [2.45, 2.75) is 13.8 Å². The molecule has 0 fully saturated rings. The normalized spacial score (nSPS) is 11.3. The van der Waals surface area contributed by atoms with E-state index in [2.05, 4.69) is 4.98 Å². The highest BCUT2D eigenvalue weighted by molar-refractivity contribution is 6.30. The van der Waals surface area contributed by atoms with Gasteiger partial charge in [0.2, 0.25) is 11.3 Å². The summed E-state index contributed by atoms with van der Waals surface area (Å²) in [6, 6.07) is 12.0. The molecule has 2 aromatic heterocycles. The minimum Gasteiger partial charge on any atom is -0.452 e. The standard InChI is InChI=1S/C20H14ClNO3/c1-10-7-18(23)22-16-9-17-15(8-14(10)16)11(2)20(25-17)19(24)12-3-5-13(21)6-4-12/h3-9H,1-2H3,(H,22,23). The number of aromatic amines is 1. The molecule has 2 heterocycles. The number of carbonyl (C=O) groups is 1. The summed E-state index contributed by atoms with van der Waals surface area (Å²) in [4.78, 5) is 27.3. The van der Waals surface area contributed by atoms with E-state index in [0.717, 1.165) is 21.9 Å². The molecule has 0 aliphatic rings. The number of halogens is 1. The van der Waals surface area contributed by atoms with E-state index in [-0.39, 0.29) is 11.3 Å². The van der Waals surface area contributed by atoms with Gasteiger partial charge in [0, 0.05) is 39.1 Å². The van der Waals surface area contributed by atoms with Crippen molar-refractivity contribution in [3.8, 4) is 0 Å². The van der Waals surface area contributed by atoms with Crippen LogP contribution in [0.2, 0.25) is 5.02 Å². The highest BCUT2D eigenvalue weighted by atomic mass is 35.5. The lowest BCUT2D eigenvalue weighted by atomic mass is 10.0. The predicted molar refractivity (Wildman–Crippen MR) is 98.7 cm³/mol. The average molecular weight is 352 g/mol. The van der Waals surface area contributed by atoms with Crippen molar-refractivity contribution < 1.29 is 9.21 Å². The van der Waals surface area contributed by atoms with Gasteiger partial charge in [-0.1, -0.05) is 11.6 Å². The van der Waals surface area contributed by atoms with Crippen LogP contribution in [0, 0.1) is 13.8 Å². The fourth-order valence-corrected chi connectivity index (χ4v) is 3.21. The Labute approximate surface area is 148 Å². The molecule has 1 N–H and O–H groups in total. The molecule has 4 rings (SSSR count). The number of H-pyrrole nitrogens is 1. The maximum Gasteiger partial charge on any atom is 0.248 e. The fourth-order valence-electron chi connectivity index (χ4n) is 3.09. The summed E-state index contributed by atoms with van der Waals surface area (Å²) < 4.78 is 5.83. The van der Waals surface area contributed by atoms with Gasteiger partial charge in [-0.25, -0.2) is 0 Å². The van der Waals surface area contributed by atoms with E-state index in [1.165, 1.54) is 0 Å². The van der Waals surface area contributed by atoms with Crippen LogP contribution in [0.5, 0.6) is 0 Å². The van der Waals surface area contributed by atoms with Gasteiger partial charge < -0.3 is 9.40 Å². The first-order chi connectivity index (χ1) is 11.9. The zero-order valence-electron chi connectivity index (χ0n) is 13.6. The van der Waals surface area contributed by atoms with Crippen LogP contribution in [0.4, 0.5) is 0 Å². The number of carbonyl (C=O) groups excluding carboxylic acids is 1. The number of nitrogens with one attached hydrogen (secondary N) is 1. The molecule has 0 saturated heterocycles. The van der Waals surface area contributed by atoms with Crippen molar-refractivity contribution >= 4 is 39.3 Å². The van der Waals surface area contributed by atoms with Crippen LogP contribution in [0.15, 0.2) is 51.7 Å². The molecule has 25 heavy (non-hydrogen) atoms. The number of furan rings is 1. The van der Waals surface area contributed by atoms with Crippen LogP contribution in [0.25, 0.3) is 21.9 Å². The molecule has 0 spiro atoms.